The van der Waals surface area contributed by atoms with Crippen LogP contribution in [0, 0.1) is 0 Å². The van der Waals surface area contributed by atoms with Gasteiger partial charge in [-0.25, -0.2) is 0 Å². The molecule has 0 unspecified atom stereocenters. The minimum atomic E-state index is 0.156. The van der Waals surface area contributed by atoms with Gasteiger partial charge < -0.3 is 5.11 Å². The number of hydrogen-bond donors (Lipinski definition) is 1. The van der Waals surface area contributed by atoms with Gasteiger partial charge in [0.25, 0.3) is 0 Å². The van der Waals surface area contributed by atoms with Crippen molar-refractivity contribution in [2.24, 2.45) is 0 Å². The smallest absolute Gasteiger partial charge is 0.134 e. The van der Waals surface area contributed by atoms with Crippen molar-refractivity contribution in [1.29, 1.82) is 0 Å². The van der Waals surface area contributed by atoms with Crippen molar-refractivity contribution in [3.05, 3.63) is 28.8 Å². The molecule has 0 radical (unpaired) electrons. The molecule has 1 aromatic carbocycles. The highest BCUT2D eigenvalue weighted by Gasteiger charge is 1.98. The largest absolute Gasteiger partial charge is 0.506 e. The molecule has 0 amide bonds. The van der Waals surface area contributed by atoms with Gasteiger partial charge in [0.1, 0.15) is 5.75 Å². The summed E-state index contributed by atoms with van der Waals surface area (Å²) < 4.78 is 1.07. The molecule has 1 aromatic rings. The minimum absolute atomic E-state index is 0.156. The van der Waals surface area contributed by atoms with Crippen molar-refractivity contribution >= 4 is 34.2 Å². The Morgan fingerprint density at radius 1 is 1.45 bits per heavy atom. The fourth-order valence-corrected chi connectivity index (χ4v) is 1.64. The van der Waals surface area contributed by atoms with Crippen LogP contribution in [0.3, 0.4) is 0 Å². The second-order valence-corrected chi connectivity index (χ2v) is 3.71. The van der Waals surface area contributed by atoms with Crippen LogP contribution in [0.15, 0.2) is 18.2 Å². The lowest BCUT2D eigenvalue weighted by atomic mass is 10.2. The van der Waals surface area contributed by atoms with Crippen LogP contribution in [0.2, 0.25) is 5.02 Å². The van der Waals surface area contributed by atoms with Gasteiger partial charge in [0.2, 0.25) is 0 Å². The van der Waals surface area contributed by atoms with Crippen molar-refractivity contribution in [2.45, 2.75) is 6.42 Å². The van der Waals surface area contributed by atoms with E-state index in [1.54, 1.807) is 12.1 Å². The highest BCUT2D eigenvalue weighted by atomic mass is 127. The van der Waals surface area contributed by atoms with E-state index in [0.29, 0.717) is 5.02 Å². The van der Waals surface area contributed by atoms with E-state index in [2.05, 4.69) is 22.6 Å². The fourth-order valence-electron chi connectivity index (χ4n) is 0.815. The number of phenolic OH excluding ortho intramolecular Hbond substituents is 1. The summed E-state index contributed by atoms with van der Waals surface area (Å²) in [7, 11) is 0. The molecule has 0 saturated heterocycles. The van der Waals surface area contributed by atoms with Gasteiger partial charge in [-0.15, -0.1) is 0 Å². The van der Waals surface area contributed by atoms with E-state index in [1.165, 1.54) is 5.56 Å². The third kappa shape index (κ3) is 2.52. The monoisotopic (exact) mass is 282 g/mol. The Balaban J connectivity index is 2.86. The molecule has 3 heteroatoms. The predicted octanol–water partition coefficient (Wildman–Crippen LogP) is 3.02. The Hall–Kier alpha value is 0.0400. The number of aryl methyl sites for hydroxylation is 1. The Kier molecular flexibility index (Phi) is 3.45. The summed E-state index contributed by atoms with van der Waals surface area (Å²) >= 11 is 8.00. The number of halogens is 2. The van der Waals surface area contributed by atoms with Crippen molar-refractivity contribution in [3.8, 4) is 5.75 Å². The quantitative estimate of drug-likeness (QED) is 0.653. The van der Waals surface area contributed by atoms with Crippen LogP contribution in [0.5, 0.6) is 5.75 Å². The summed E-state index contributed by atoms with van der Waals surface area (Å²) in [5.41, 5.74) is 1.17. The molecule has 60 valence electrons. The standard InChI is InChI=1S/C8H8ClIO/c9-7-5-6(3-4-10)1-2-8(7)11/h1-2,5,11H,3-4H2. The zero-order valence-corrected chi connectivity index (χ0v) is 8.76. The fraction of sp³-hybridized carbons (Fsp3) is 0.250. The Bertz CT molecular complexity index is 250. The average Bonchev–Trinajstić information content (AvgIpc) is 1.98. The minimum Gasteiger partial charge on any atom is -0.506 e. The molecule has 0 spiro atoms. The lowest BCUT2D eigenvalue weighted by Crippen LogP contribution is -1.84. The molecule has 0 aliphatic heterocycles. The number of hydrogen-bond acceptors (Lipinski definition) is 1. The molecule has 0 heterocycles. The Morgan fingerprint density at radius 2 is 2.18 bits per heavy atom. The van der Waals surface area contributed by atoms with Crippen LogP contribution < -0.4 is 0 Å². The first-order chi connectivity index (χ1) is 5.24. The number of alkyl halides is 1. The van der Waals surface area contributed by atoms with Crippen molar-refractivity contribution in [1.82, 2.24) is 0 Å². The number of phenols is 1. The first-order valence-corrected chi connectivity index (χ1v) is 5.17. The predicted molar refractivity (Wildman–Crippen MR) is 55.7 cm³/mol. The lowest BCUT2D eigenvalue weighted by Gasteiger charge is -1.99. The van der Waals surface area contributed by atoms with Crippen molar-refractivity contribution in [3.63, 3.8) is 0 Å². The van der Waals surface area contributed by atoms with E-state index in [4.69, 9.17) is 16.7 Å². The van der Waals surface area contributed by atoms with Gasteiger partial charge in [0.15, 0.2) is 0 Å². The molecule has 1 rings (SSSR count). The first-order valence-electron chi connectivity index (χ1n) is 3.27. The van der Waals surface area contributed by atoms with Gasteiger partial charge in [-0.1, -0.05) is 40.3 Å². The summed E-state index contributed by atoms with van der Waals surface area (Å²) in [6.45, 7) is 0. The molecule has 11 heavy (non-hydrogen) atoms. The lowest BCUT2D eigenvalue weighted by molar-refractivity contribution is 0.475. The Labute approximate surface area is 84.5 Å². The molecule has 1 nitrogen and oxygen atoms in total. The maximum Gasteiger partial charge on any atom is 0.134 e. The van der Waals surface area contributed by atoms with Crippen LogP contribution in [0.4, 0.5) is 0 Å². The third-order valence-corrected chi connectivity index (χ3v) is 2.24. The molecule has 0 fully saturated rings. The highest BCUT2D eigenvalue weighted by molar-refractivity contribution is 14.1. The normalized spacial score (nSPS) is 10.0. The average molecular weight is 283 g/mol. The van der Waals surface area contributed by atoms with Gasteiger partial charge in [-0.3, -0.25) is 0 Å². The topological polar surface area (TPSA) is 20.2 Å². The van der Waals surface area contributed by atoms with Crippen molar-refractivity contribution < 1.29 is 5.11 Å². The van der Waals surface area contributed by atoms with E-state index in [-0.39, 0.29) is 5.75 Å². The number of rotatable bonds is 2. The van der Waals surface area contributed by atoms with Crippen molar-refractivity contribution in [2.75, 3.05) is 4.43 Å². The van der Waals surface area contributed by atoms with E-state index in [0.717, 1.165) is 10.8 Å². The van der Waals surface area contributed by atoms with Gasteiger partial charge in [-0.2, -0.15) is 0 Å². The molecule has 0 aliphatic carbocycles. The first kappa shape index (κ1) is 9.13. The van der Waals surface area contributed by atoms with Gasteiger partial charge in [0, 0.05) is 4.43 Å². The van der Waals surface area contributed by atoms with E-state index in [1.807, 2.05) is 6.07 Å². The third-order valence-electron chi connectivity index (χ3n) is 1.40. The second kappa shape index (κ2) is 4.16. The van der Waals surface area contributed by atoms with Crippen LogP contribution in [0.25, 0.3) is 0 Å². The molecule has 0 saturated carbocycles. The summed E-state index contributed by atoms with van der Waals surface area (Å²) in [6, 6.07) is 5.32. The van der Waals surface area contributed by atoms with E-state index in [9.17, 15) is 0 Å². The maximum atomic E-state index is 9.08. The Morgan fingerprint density at radius 3 is 2.73 bits per heavy atom. The van der Waals surface area contributed by atoms with Gasteiger partial charge in [-0.05, 0) is 24.1 Å². The zero-order chi connectivity index (χ0) is 8.27. The highest BCUT2D eigenvalue weighted by Crippen LogP contribution is 2.23. The molecule has 0 bridgehead atoms. The molecular weight excluding hydrogens is 274 g/mol. The second-order valence-electron chi connectivity index (χ2n) is 2.22. The van der Waals surface area contributed by atoms with Crippen LogP contribution in [-0.2, 0) is 6.42 Å². The molecule has 0 atom stereocenters. The van der Waals surface area contributed by atoms with Crippen LogP contribution in [0.1, 0.15) is 5.56 Å². The van der Waals surface area contributed by atoms with Crippen LogP contribution >= 0.6 is 34.2 Å². The van der Waals surface area contributed by atoms with E-state index >= 15 is 0 Å². The molecular formula is C8H8ClIO. The summed E-state index contributed by atoms with van der Waals surface area (Å²) in [5, 5.41) is 9.52. The molecule has 0 aromatic heterocycles. The number of benzene rings is 1. The summed E-state index contributed by atoms with van der Waals surface area (Å²) in [5.74, 6) is 0.156. The van der Waals surface area contributed by atoms with Gasteiger partial charge >= 0.3 is 0 Å². The molecule has 1 N–H and O–H groups in total. The van der Waals surface area contributed by atoms with E-state index < -0.39 is 0 Å². The SMILES string of the molecule is Oc1ccc(CCI)cc1Cl. The number of aromatic hydroxyl groups is 1. The molecule has 0 aliphatic rings. The van der Waals surface area contributed by atoms with Gasteiger partial charge in [0.05, 0.1) is 5.02 Å². The zero-order valence-electron chi connectivity index (χ0n) is 5.85. The van der Waals surface area contributed by atoms with Crippen LogP contribution in [-0.4, -0.2) is 9.53 Å². The summed E-state index contributed by atoms with van der Waals surface area (Å²) in [6.07, 6.45) is 1.00. The maximum absolute atomic E-state index is 9.08. The summed E-state index contributed by atoms with van der Waals surface area (Å²) in [4.78, 5) is 0.